The molecule has 1 aromatic heterocycles. The minimum absolute atomic E-state index is 0.0734. The van der Waals surface area contributed by atoms with Crippen molar-refractivity contribution in [2.45, 2.75) is 25.2 Å². The fraction of sp³-hybridized carbons (Fsp3) is 0.286. The Morgan fingerprint density at radius 1 is 1.27 bits per heavy atom. The molecule has 0 aliphatic carbocycles. The van der Waals surface area contributed by atoms with E-state index in [1.807, 2.05) is 0 Å². The summed E-state index contributed by atoms with van der Waals surface area (Å²) < 4.78 is 28.9. The highest BCUT2D eigenvalue weighted by Gasteiger charge is 2.19. The molecule has 0 radical (unpaired) electrons. The van der Waals surface area contributed by atoms with Gasteiger partial charge >= 0.3 is 5.97 Å². The number of nitrogens with zero attached hydrogens (tertiary/aromatic N) is 2. The molecule has 0 saturated carbocycles. The molecule has 1 aromatic carbocycles. The quantitative estimate of drug-likeness (QED) is 0.867. The monoisotopic (exact) mass is 323 g/mol. The Hall–Kier alpha value is -2.35. The van der Waals surface area contributed by atoms with Crippen molar-refractivity contribution in [3.05, 3.63) is 41.2 Å². The number of aliphatic carboxylic acids is 1. The van der Waals surface area contributed by atoms with E-state index in [4.69, 9.17) is 5.11 Å². The first-order valence-electron chi connectivity index (χ1n) is 6.54. The summed E-state index contributed by atoms with van der Waals surface area (Å²) in [5.74, 6) is -0.963. The van der Waals surface area contributed by atoms with Gasteiger partial charge in [0.1, 0.15) is 0 Å². The first kappa shape index (κ1) is 16.0. The highest BCUT2D eigenvalue weighted by molar-refractivity contribution is 7.92. The molecule has 0 unspecified atom stereocenters. The van der Waals surface area contributed by atoms with Crippen molar-refractivity contribution < 1.29 is 18.3 Å². The average Bonchev–Trinajstić information content (AvgIpc) is 2.65. The number of carboxylic acid groups (broad SMARTS) is 1. The fourth-order valence-corrected chi connectivity index (χ4v) is 3.25. The molecule has 0 aliphatic rings. The highest BCUT2D eigenvalue weighted by atomic mass is 32.2. The van der Waals surface area contributed by atoms with Crippen molar-refractivity contribution in [3.8, 4) is 0 Å². The SMILES string of the molecule is Cc1nn(C)c(C)c1NS(=O)(=O)c1ccc(CC(=O)O)cc1. The van der Waals surface area contributed by atoms with Gasteiger partial charge in [-0.3, -0.25) is 14.2 Å². The number of carbonyl (C=O) groups is 1. The number of anilines is 1. The molecule has 0 atom stereocenters. The molecule has 0 spiro atoms. The number of rotatable bonds is 5. The average molecular weight is 323 g/mol. The molecule has 0 bridgehead atoms. The highest BCUT2D eigenvalue weighted by Crippen LogP contribution is 2.22. The van der Waals surface area contributed by atoms with Crippen LogP contribution in [0.2, 0.25) is 0 Å². The summed E-state index contributed by atoms with van der Waals surface area (Å²) in [6, 6.07) is 5.76. The van der Waals surface area contributed by atoms with Gasteiger partial charge in [0.2, 0.25) is 0 Å². The lowest BCUT2D eigenvalue weighted by molar-refractivity contribution is -0.136. The number of nitrogens with one attached hydrogen (secondary N) is 1. The predicted molar refractivity (Wildman–Crippen MR) is 81.3 cm³/mol. The number of carboxylic acids is 1. The Morgan fingerprint density at radius 3 is 2.32 bits per heavy atom. The summed E-state index contributed by atoms with van der Waals surface area (Å²) in [5, 5.41) is 12.9. The zero-order valence-electron chi connectivity index (χ0n) is 12.5. The second-order valence-electron chi connectivity index (χ2n) is 4.99. The third-order valence-electron chi connectivity index (χ3n) is 3.33. The molecule has 0 aliphatic heterocycles. The molecule has 2 rings (SSSR count). The topological polar surface area (TPSA) is 101 Å². The summed E-state index contributed by atoms with van der Waals surface area (Å²) in [7, 11) is -2.00. The van der Waals surface area contributed by atoms with Gasteiger partial charge in [-0.05, 0) is 31.5 Å². The maximum atomic E-state index is 12.4. The van der Waals surface area contributed by atoms with Crippen molar-refractivity contribution in [1.29, 1.82) is 0 Å². The molecule has 0 saturated heterocycles. The van der Waals surface area contributed by atoms with Gasteiger partial charge in [0.25, 0.3) is 10.0 Å². The zero-order valence-corrected chi connectivity index (χ0v) is 13.3. The zero-order chi connectivity index (χ0) is 16.5. The number of sulfonamides is 1. The van der Waals surface area contributed by atoms with Crippen LogP contribution >= 0.6 is 0 Å². The summed E-state index contributed by atoms with van der Waals surface area (Å²) in [5.41, 5.74) is 2.30. The van der Waals surface area contributed by atoms with Gasteiger partial charge in [-0.25, -0.2) is 8.42 Å². The third-order valence-corrected chi connectivity index (χ3v) is 4.70. The molecule has 7 nitrogen and oxygen atoms in total. The number of hydrogen-bond donors (Lipinski definition) is 2. The van der Waals surface area contributed by atoms with Gasteiger partial charge < -0.3 is 5.11 Å². The molecule has 0 fully saturated rings. The number of benzene rings is 1. The second kappa shape index (κ2) is 5.80. The third kappa shape index (κ3) is 3.28. The Labute approximate surface area is 128 Å². The van der Waals surface area contributed by atoms with Crippen LogP contribution in [0, 0.1) is 13.8 Å². The first-order valence-corrected chi connectivity index (χ1v) is 8.03. The summed E-state index contributed by atoms with van der Waals surface area (Å²) in [6.07, 6.45) is -0.144. The maximum absolute atomic E-state index is 12.4. The van der Waals surface area contributed by atoms with Crippen LogP contribution in [0.4, 0.5) is 5.69 Å². The smallest absolute Gasteiger partial charge is 0.307 e. The van der Waals surface area contributed by atoms with E-state index in [0.717, 1.165) is 0 Å². The molecule has 118 valence electrons. The van der Waals surface area contributed by atoms with Crippen LogP contribution < -0.4 is 4.72 Å². The largest absolute Gasteiger partial charge is 0.481 e. The van der Waals surface area contributed by atoms with E-state index < -0.39 is 16.0 Å². The Kier molecular flexibility index (Phi) is 4.23. The molecule has 0 amide bonds. The van der Waals surface area contributed by atoms with Gasteiger partial charge in [0.15, 0.2) is 0 Å². The lowest BCUT2D eigenvalue weighted by Gasteiger charge is -2.09. The van der Waals surface area contributed by atoms with Crippen LogP contribution in [0.3, 0.4) is 0 Å². The molecule has 2 aromatic rings. The van der Waals surface area contributed by atoms with Crippen molar-refractivity contribution in [2.75, 3.05) is 4.72 Å². The van der Waals surface area contributed by atoms with Gasteiger partial charge in [0.05, 0.1) is 28.4 Å². The van der Waals surface area contributed by atoms with E-state index in [1.165, 1.54) is 24.3 Å². The van der Waals surface area contributed by atoms with Crippen molar-refractivity contribution in [3.63, 3.8) is 0 Å². The van der Waals surface area contributed by atoms with Gasteiger partial charge in [-0.1, -0.05) is 12.1 Å². The number of aryl methyl sites for hydroxylation is 2. The van der Waals surface area contributed by atoms with Gasteiger partial charge in [0, 0.05) is 7.05 Å². The normalized spacial score (nSPS) is 11.4. The number of hydrogen-bond acceptors (Lipinski definition) is 4. The lowest BCUT2D eigenvalue weighted by Crippen LogP contribution is -2.14. The number of aromatic nitrogens is 2. The van der Waals surface area contributed by atoms with Crippen molar-refractivity contribution in [1.82, 2.24) is 9.78 Å². The van der Waals surface area contributed by atoms with Crippen molar-refractivity contribution >= 4 is 21.7 Å². The molecule has 22 heavy (non-hydrogen) atoms. The fourth-order valence-electron chi connectivity index (χ4n) is 2.08. The van der Waals surface area contributed by atoms with E-state index >= 15 is 0 Å². The van der Waals surface area contributed by atoms with Crippen LogP contribution in [0.15, 0.2) is 29.2 Å². The molecule has 8 heteroatoms. The van der Waals surface area contributed by atoms with Crippen LogP contribution in [0.5, 0.6) is 0 Å². The van der Waals surface area contributed by atoms with Gasteiger partial charge in [-0.2, -0.15) is 5.10 Å². The second-order valence-corrected chi connectivity index (χ2v) is 6.67. The Balaban J connectivity index is 2.28. The standard InChI is InChI=1S/C14H17N3O4S/c1-9-14(10(2)17(3)15-9)16-22(20,21)12-6-4-11(5-7-12)8-13(18)19/h4-7,16H,8H2,1-3H3,(H,18,19). The molecule has 2 N–H and O–H groups in total. The van der Waals surface area contributed by atoms with E-state index in [0.29, 0.717) is 22.6 Å². The Morgan fingerprint density at radius 2 is 1.86 bits per heavy atom. The van der Waals surface area contributed by atoms with Crippen LogP contribution in [-0.2, 0) is 28.3 Å². The molecular formula is C14H17N3O4S. The van der Waals surface area contributed by atoms with E-state index in [1.54, 1.807) is 25.6 Å². The molecular weight excluding hydrogens is 306 g/mol. The van der Waals surface area contributed by atoms with Crippen LogP contribution in [-0.4, -0.2) is 29.3 Å². The molecule has 1 heterocycles. The Bertz CT molecular complexity index is 807. The minimum atomic E-state index is -3.74. The summed E-state index contributed by atoms with van der Waals surface area (Å²) in [4.78, 5) is 10.7. The van der Waals surface area contributed by atoms with Gasteiger partial charge in [-0.15, -0.1) is 0 Å². The predicted octanol–water partition coefficient (Wildman–Crippen LogP) is 1.46. The summed E-state index contributed by atoms with van der Waals surface area (Å²) in [6.45, 7) is 3.49. The van der Waals surface area contributed by atoms with E-state index in [9.17, 15) is 13.2 Å². The minimum Gasteiger partial charge on any atom is -0.481 e. The van der Waals surface area contributed by atoms with Crippen LogP contribution in [0.1, 0.15) is 17.0 Å². The van der Waals surface area contributed by atoms with E-state index in [2.05, 4.69) is 9.82 Å². The lowest BCUT2D eigenvalue weighted by atomic mass is 10.2. The first-order chi connectivity index (χ1) is 10.2. The van der Waals surface area contributed by atoms with E-state index in [-0.39, 0.29) is 11.3 Å². The summed E-state index contributed by atoms with van der Waals surface area (Å²) >= 11 is 0. The van der Waals surface area contributed by atoms with Crippen LogP contribution in [0.25, 0.3) is 0 Å². The van der Waals surface area contributed by atoms with Crippen molar-refractivity contribution in [2.24, 2.45) is 7.05 Å². The maximum Gasteiger partial charge on any atom is 0.307 e.